The monoisotopic (exact) mass is 253 g/mol. The zero-order chi connectivity index (χ0) is 13.5. The zero-order valence-corrected chi connectivity index (χ0v) is 10.0. The van der Waals surface area contributed by atoms with E-state index >= 15 is 0 Å². The molecule has 94 valence electrons. The van der Waals surface area contributed by atoms with Gasteiger partial charge in [0.1, 0.15) is 6.33 Å². The molecule has 0 aliphatic carbocycles. The number of allylic oxidation sites excluding steroid dienone is 2. The van der Waals surface area contributed by atoms with Gasteiger partial charge >= 0.3 is 0 Å². The number of rotatable bonds is 4. The Hall–Kier alpha value is -2.82. The third kappa shape index (κ3) is 3.57. The van der Waals surface area contributed by atoms with Crippen molar-refractivity contribution in [3.63, 3.8) is 0 Å². The second-order valence-electron chi connectivity index (χ2n) is 3.67. The highest BCUT2D eigenvalue weighted by molar-refractivity contribution is 5.63. The molecule has 0 bridgehead atoms. The summed E-state index contributed by atoms with van der Waals surface area (Å²) >= 11 is 0. The molecule has 0 N–H and O–H groups in total. The second kappa shape index (κ2) is 6.20. The Morgan fingerprint density at radius 1 is 1.11 bits per heavy atom. The van der Waals surface area contributed by atoms with Crippen molar-refractivity contribution in [3.8, 4) is 0 Å². The van der Waals surface area contributed by atoms with E-state index in [0.717, 1.165) is 5.69 Å². The summed E-state index contributed by atoms with van der Waals surface area (Å²) in [6.45, 7) is 0. The van der Waals surface area contributed by atoms with Gasteiger partial charge in [-0.1, -0.05) is 24.3 Å². The summed E-state index contributed by atoms with van der Waals surface area (Å²) < 4.78 is 0. The topological polar surface area (TPSA) is 68.9 Å². The summed E-state index contributed by atoms with van der Waals surface area (Å²) in [6.07, 6.45) is 10.1. The molecule has 1 aromatic carbocycles. The highest BCUT2D eigenvalue weighted by Gasteiger charge is 2.08. The standard InChI is InChI=1S/C14H11N3O2/c18-17(19)14-8-4-2-6-12(14)5-1-3-7-13-9-10-15-11-16-13/h1-11H. The van der Waals surface area contributed by atoms with Crippen molar-refractivity contribution in [1.82, 2.24) is 9.97 Å². The van der Waals surface area contributed by atoms with Crippen LogP contribution >= 0.6 is 0 Å². The van der Waals surface area contributed by atoms with Crippen LogP contribution in [0.15, 0.2) is 55.0 Å². The first kappa shape index (κ1) is 12.6. The summed E-state index contributed by atoms with van der Waals surface area (Å²) in [5.41, 5.74) is 1.44. The molecule has 0 unspecified atom stereocenters. The highest BCUT2D eigenvalue weighted by atomic mass is 16.6. The summed E-state index contributed by atoms with van der Waals surface area (Å²) in [5.74, 6) is 0. The molecule has 0 spiro atoms. The van der Waals surface area contributed by atoms with Crippen molar-refractivity contribution in [2.24, 2.45) is 0 Å². The highest BCUT2D eigenvalue weighted by Crippen LogP contribution is 2.18. The van der Waals surface area contributed by atoms with E-state index in [1.54, 1.807) is 54.8 Å². The Labute approximate surface area is 110 Å². The molecule has 0 fully saturated rings. The molecule has 1 aromatic heterocycles. The third-order valence-electron chi connectivity index (χ3n) is 2.39. The van der Waals surface area contributed by atoms with Crippen LogP contribution in [0.3, 0.4) is 0 Å². The fraction of sp³-hybridized carbons (Fsp3) is 0. The van der Waals surface area contributed by atoms with E-state index in [2.05, 4.69) is 9.97 Å². The smallest absolute Gasteiger partial charge is 0.258 e. The number of nitrogens with zero attached hydrogens (tertiary/aromatic N) is 3. The molecule has 0 radical (unpaired) electrons. The zero-order valence-electron chi connectivity index (χ0n) is 10.0. The fourth-order valence-corrected chi connectivity index (χ4v) is 1.51. The number of benzene rings is 1. The van der Waals surface area contributed by atoms with Crippen molar-refractivity contribution in [2.45, 2.75) is 0 Å². The molecule has 1 heterocycles. The lowest BCUT2D eigenvalue weighted by Gasteiger charge is -1.95. The van der Waals surface area contributed by atoms with Crippen LogP contribution in [0.5, 0.6) is 0 Å². The first-order chi connectivity index (χ1) is 9.27. The van der Waals surface area contributed by atoms with Gasteiger partial charge in [0.25, 0.3) is 5.69 Å². The molecule has 0 aliphatic heterocycles. The maximum Gasteiger partial charge on any atom is 0.276 e. The lowest BCUT2D eigenvalue weighted by molar-refractivity contribution is -0.385. The molecule has 5 nitrogen and oxygen atoms in total. The van der Waals surface area contributed by atoms with Crippen molar-refractivity contribution in [3.05, 3.63) is 76.4 Å². The minimum atomic E-state index is -0.395. The summed E-state index contributed by atoms with van der Waals surface area (Å²) in [4.78, 5) is 18.3. The quantitative estimate of drug-likeness (QED) is 0.477. The minimum absolute atomic E-state index is 0.0918. The minimum Gasteiger partial charge on any atom is -0.258 e. The summed E-state index contributed by atoms with van der Waals surface area (Å²) in [5, 5.41) is 10.8. The van der Waals surface area contributed by atoms with Crippen LogP contribution in [0.25, 0.3) is 12.2 Å². The van der Waals surface area contributed by atoms with Gasteiger partial charge in [0.05, 0.1) is 16.2 Å². The van der Waals surface area contributed by atoms with Gasteiger partial charge < -0.3 is 0 Å². The Morgan fingerprint density at radius 2 is 1.89 bits per heavy atom. The molecule has 2 aromatic rings. The van der Waals surface area contributed by atoms with Crippen molar-refractivity contribution >= 4 is 17.8 Å². The molecule has 0 aliphatic rings. The van der Waals surface area contributed by atoms with Gasteiger partial charge in [-0.25, -0.2) is 9.97 Å². The maximum atomic E-state index is 10.8. The number of hydrogen-bond acceptors (Lipinski definition) is 4. The van der Waals surface area contributed by atoms with Gasteiger partial charge in [-0.05, 0) is 24.3 Å². The predicted octanol–water partition coefficient (Wildman–Crippen LogP) is 3.11. The third-order valence-corrected chi connectivity index (χ3v) is 2.39. The number of hydrogen-bond donors (Lipinski definition) is 0. The van der Waals surface area contributed by atoms with Crippen LogP contribution in [-0.4, -0.2) is 14.9 Å². The van der Waals surface area contributed by atoms with Crippen molar-refractivity contribution < 1.29 is 4.92 Å². The Kier molecular flexibility index (Phi) is 4.12. The maximum absolute atomic E-state index is 10.8. The van der Waals surface area contributed by atoms with Gasteiger partial charge in [0, 0.05) is 12.3 Å². The molecule has 0 saturated carbocycles. The van der Waals surface area contributed by atoms with Crippen molar-refractivity contribution in [1.29, 1.82) is 0 Å². The van der Waals surface area contributed by atoms with E-state index in [-0.39, 0.29) is 5.69 Å². The molecule has 0 saturated heterocycles. The second-order valence-corrected chi connectivity index (χ2v) is 3.67. The molecular weight excluding hydrogens is 242 g/mol. The predicted molar refractivity (Wildman–Crippen MR) is 73.2 cm³/mol. The molecule has 2 rings (SSSR count). The average molecular weight is 253 g/mol. The lowest BCUT2D eigenvalue weighted by Crippen LogP contribution is -1.90. The summed E-state index contributed by atoms with van der Waals surface area (Å²) in [7, 11) is 0. The van der Waals surface area contributed by atoms with Crippen LogP contribution in [0.1, 0.15) is 11.3 Å². The van der Waals surface area contributed by atoms with E-state index in [9.17, 15) is 10.1 Å². The van der Waals surface area contributed by atoms with Gasteiger partial charge in [-0.3, -0.25) is 10.1 Å². The normalized spacial score (nSPS) is 11.2. The first-order valence-corrected chi connectivity index (χ1v) is 5.61. The largest absolute Gasteiger partial charge is 0.276 e. The van der Waals surface area contributed by atoms with E-state index in [4.69, 9.17) is 0 Å². The molecular formula is C14H11N3O2. The Morgan fingerprint density at radius 3 is 2.63 bits per heavy atom. The van der Waals surface area contributed by atoms with Crippen LogP contribution in [-0.2, 0) is 0 Å². The summed E-state index contributed by atoms with van der Waals surface area (Å²) in [6, 6.07) is 8.36. The first-order valence-electron chi connectivity index (χ1n) is 5.61. The van der Waals surface area contributed by atoms with Crippen LogP contribution in [0.4, 0.5) is 5.69 Å². The van der Waals surface area contributed by atoms with E-state index in [1.165, 1.54) is 12.4 Å². The Bertz CT molecular complexity index is 622. The number of nitro benzene ring substituents is 1. The van der Waals surface area contributed by atoms with Crippen LogP contribution in [0, 0.1) is 10.1 Å². The molecule has 5 heteroatoms. The van der Waals surface area contributed by atoms with Gasteiger partial charge in [-0.2, -0.15) is 0 Å². The number of para-hydroxylation sites is 1. The SMILES string of the molecule is O=[N+]([O-])c1ccccc1C=CC=Cc1ccncn1. The molecule has 0 atom stereocenters. The van der Waals surface area contributed by atoms with Gasteiger partial charge in [-0.15, -0.1) is 0 Å². The number of aromatic nitrogens is 2. The molecule has 19 heavy (non-hydrogen) atoms. The average Bonchev–Trinajstić information content (AvgIpc) is 2.45. The Balaban J connectivity index is 2.12. The number of nitro groups is 1. The van der Waals surface area contributed by atoms with Crippen LogP contribution < -0.4 is 0 Å². The van der Waals surface area contributed by atoms with E-state index in [1.807, 2.05) is 0 Å². The van der Waals surface area contributed by atoms with E-state index < -0.39 is 4.92 Å². The van der Waals surface area contributed by atoms with Gasteiger partial charge in [0.15, 0.2) is 0 Å². The van der Waals surface area contributed by atoms with E-state index in [0.29, 0.717) is 5.56 Å². The van der Waals surface area contributed by atoms with Crippen molar-refractivity contribution in [2.75, 3.05) is 0 Å². The van der Waals surface area contributed by atoms with Gasteiger partial charge in [0.2, 0.25) is 0 Å². The molecule has 0 amide bonds. The lowest BCUT2D eigenvalue weighted by atomic mass is 10.1. The fourth-order valence-electron chi connectivity index (χ4n) is 1.51. The van der Waals surface area contributed by atoms with Crippen LogP contribution in [0.2, 0.25) is 0 Å².